The molecule has 1 aromatic rings. The summed E-state index contributed by atoms with van der Waals surface area (Å²) < 4.78 is 28.1. The van der Waals surface area contributed by atoms with Gasteiger partial charge in [0.25, 0.3) is 6.43 Å². The van der Waals surface area contributed by atoms with E-state index in [2.05, 4.69) is 9.97 Å². The number of halogens is 2. The van der Waals surface area contributed by atoms with Crippen molar-refractivity contribution in [2.75, 3.05) is 13.2 Å². The summed E-state index contributed by atoms with van der Waals surface area (Å²) in [5.74, 6) is 0. The Bertz CT molecular complexity index is 271. The molecular weight excluding hydrogens is 204 g/mol. The minimum absolute atomic E-state index is 0.209. The Morgan fingerprint density at radius 1 is 1.33 bits per heavy atom. The number of aromatic nitrogens is 2. The molecule has 0 aliphatic rings. The number of alkyl halides is 2. The van der Waals surface area contributed by atoms with Gasteiger partial charge in [-0.1, -0.05) is 0 Å². The highest BCUT2D eigenvalue weighted by Gasteiger charge is 2.07. The van der Waals surface area contributed by atoms with Crippen molar-refractivity contribution in [1.82, 2.24) is 9.97 Å². The number of nitrogens with zero attached hydrogens (tertiary/aromatic N) is 2. The molecule has 0 fully saturated rings. The van der Waals surface area contributed by atoms with Gasteiger partial charge in [0.05, 0.1) is 0 Å². The van der Waals surface area contributed by atoms with Crippen LogP contribution < -0.4 is 5.73 Å². The van der Waals surface area contributed by atoms with Gasteiger partial charge >= 0.3 is 0 Å². The second kappa shape index (κ2) is 6.36. The van der Waals surface area contributed by atoms with E-state index in [4.69, 9.17) is 10.5 Å². The largest absolute Gasteiger partial charge is 0.375 e. The predicted molar refractivity (Wildman–Crippen MR) is 50.4 cm³/mol. The third-order valence-corrected chi connectivity index (χ3v) is 1.83. The summed E-state index contributed by atoms with van der Waals surface area (Å²) in [5, 5.41) is 0. The molecule has 0 saturated carbocycles. The molecule has 0 aliphatic heterocycles. The number of rotatable bonds is 6. The summed E-state index contributed by atoms with van der Waals surface area (Å²) in [5.41, 5.74) is 6.54. The maximum atomic E-state index is 11.7. The van der Waals surface area contributed by atoms with E-state index in [1.807, 2.05) is 0 Å². The standard InChI is InChI=1S/C9H13F2N3O/c10-9(11)5-15-2-1-8(12)7-3-13-6-14-4-7/h3-4,6,8-9H,1-2,5,12H2. The molecule has 84 valence electrons. The topological polar surface area (TPSA) is 61.0 Å². The van der Waals surface area contributed by atoms with Crippen LogP contribution in [0.1, 0.15) is 18.0 Å². The molecule has 0 radical (unpaired) electrons. The number of hydrogen-bond donors (Lipinski definition) is 1. The lowest BCUT2D eigenvalue weighted by atomic mass is 10.1. The van der Waals surface area contributed by atoms with Gasteiger partial charge in [0.15, 0.2) is 0 Å². The molecule has 6 heteroatoms. The smallest absolute Gasteiger partial charge is 0.261 e. The van der Waals surface area contributed by atoms with Gasteiger partial charge in [0.1, 0.15) is 12.9 Å². The summed E-state index contributed by atoms with van der Waals surface area (Å²) in [7, 11) is 0. The molecule has 0 spiro atoms. The average molecular weight is 217 g/mol. The summed E-state index contributed by atoms with van der Waals surface area (Å²) >= 11 is 0. The van der Waals surface area contributed by atoms with Crippen molar-refractivity contribution in [3.05, 3.63) is 24.3 Å². The highest BCUT2D eigenvalue weighted by molar-refractivity contribution is 5.07. The minimum Gasteiger partial charge on any atom is -0.375 e. The maximum absolute atomic E-state index is 11.7. The van der Waals surface area contributed by atoms with E-state index in [0.717, 1.165) is 5.56 Å². The summed E-state index contributed by atoms with van der Waals surface area (Å²) in [4.78, 5) is 7.62. The summed E-state index contributed by atoms with van der Waals surface area (Å²) in [6.45, 7) is -0.335. The van der Waals surface area contributed by atoms with E-state index in [1.165, 1.54) is 6.33 Å². The fourth-order valence-electron chi connectivity index (χ4n) is 1.05. The second-order valence-electron chi connectivity index (χ2n) is 3.03. The molecule has 1 heterocycles. The normalized spacial score (nSPS) is 13.1. The summed E-state index contributed by atoms with van der Waals surface area (Å²) in [6, 6.07) is -0.274. The molecule has 0 aromatic carbocycles. The lowest BCUT2D eigenvalue weighted by molar-refractivity contribution is 0.0152. The minimum atomic E-state index is -2.43. The van der Waals surface area contributed by atoms with Crippen molar-refractivity contribution in [2.24, 2.45) is 5.73 Å². The molecular formula is C9H13F2N3O. The maximum Gasteiger partial charge on any atom is 0.261 e. The predicted octanol–water partition coefficient (Wildman–Crippen LogP) is 1.15. The molecule has 15 heavy (non-hydrogen) atoms. The molecule has 1 aromatic heterocycles. The molecule has 1 unspecified atom stereocenters. The van der Waals surface area contributed by atoms with Crippen LogP contribution in [0, 0.1) is 0 Å². The molecule has 1 atom stereocenters. The van der Waals surface area contributed by atoms with Crippen LogP contribution in [0.15, 0.2) is 18.7 Å². The molecule has 0 amide bonds. The quantitative estimate of drug-likeness (QED) is 0.726. The zero-order valence-corrected chi connectivity index (χ0v) is 8.14. The van der Waals surface area contributed by atoms with Crippen LogP contribution in [-0.4, -0.2) is 29.6 Å². The molecule has 0 aliphatic carbocycles. The first-order valence-corrected chi connectivity index (χ1v) is 4.56. The first-order valence-electron chi connectivity index (χ1n) is 4.56. The zero-order chi connectivity index (χ0) is 11.1. The first-order chi connectivity index (χ1) is 7.20. The van der Waals surface area contributed by atoms with Gasteiger partial charge < -0.3 is 10.5 Å². The van der Waals surface area contributed by atoms with E-state index in [1.54, 1.807) is 12.4 Å². The van der Waals surface area contributed by atoms with Gasteiger partial charge in [-0.3, -0.25) is 0 Å². The molecule has 0 bridgehead atoms. The zero-order valence-electron chi connectivity index (χ0n) is 8.14. The Labute approximate surface area is 86.5 Å². The first kappa shape index (κ1) is 11.9. The Balaban J connectivity index is 2.22. The summed E-state index contributed by atoms with van der Waals surface area (Å²) in [6.07, 6.45) is 2.65. The molecule has 2 N–H and O–H groups in total. The van der Waals surface area contributed by atoms with Crippen molar-refractivity contribution < 1.29 is 13.5 Å². The van der Waals surface area contributed by atoms with Crippen LogP contribution in [-0.2, 0) is 4.74 Å². The monoisotopic (exact) mass is 217 g/mol. The van der Waals surface area contributed by atoms with Crippen LogP contribution in [0.3, 0.4) is 0 Å². The van der Waals surface area contributed by atoms with Gasteiger partial charge in [0.2, 0.25) is 0 Å². The lowest BCUT2D eigenvalue weighted by Crippen LogP contribution is -2.15. The lowest BCUT2D eigenvalue weighted by Gasteiger charge is -2.10. The van der Waals surface area contributed by atoms with Gasteiger partial charge in [-0.25, -0.2) is 18.7 Å². The number of nitrogens with two attached hydrogens (primary N) is 1. The van der Waals surface area contributed by atoms with Crippen molar-refractivity contribution in [2.45, 2.75) is 18.9 Å². The highest BCUT2D eigenvalue weighted by Crippen LogP contribution is 2.10. The van der Waals surface area contributed by atoms with E-state index < -0.39 is 13.0 Å². The fourth-order valence-corrected chi connectivity index (χ4v) is 1.05. The van der Waals surface area contributed by atoms with Crippen molar-refractivity contribution in [3.63, 3.8) is 0 Å². The second-order valence-corrected chi connectivity index (χ2v) is 3.03. The number of hydrogen-bond acceptors (Lipinski definition) is 4. The van der Waals surface area contributed by atoms with Crippen molar-refractivity contribution in [3.8, 4) is 0 Å². The molecule has 0 saturated heterocycles. The SMILES string of the molecule is NC(CCOCC(F)F)c1cncnc1. The van der Waals surface area contributed by atoms with Crippen LogP contribution in [0.5, 0.6) is 0 Å². The van der Waals surface area contributed by atoms with E-state index in [-0.39, 0.29) is 12.6 Å². The molecule has 4 nitrogen and oxygen atoms in total. The van der Waals surface area contributed by atoms with Gasteiger partial charge in [-0.2, -0.15) is 0 Å². The van der Waals surface area contributed by atoms with Crippen LogP contribution in [0.2, 0.25) is 0 Å². The van der Waals surface area contributed by atoms with E-state index in [0.29, 0.717) is 6.42 Å². The third kappa shape index (κ3) is 4.75. The Morgan fingerprint density at radius 2 is 2.00 bits per heavy atom. The average Bonchev–Trinajstić information content (AvgIpc) is 2.25. The Morgan fingerprint density at radius 3 is 2.60 bits per heavy atom. The van der Waals surface area contributed by atoms with Crippen molar-refractivity contribution in [1.29, 1.82) is 0 Å². The van der Waals surface area contributed by atoms with E-state index in [9.17, 15) is 8.78 Å². The van der Waals surface area contributed by atoms with Gasteiger partial charge in [-0.05, 0) is 6.42 Å². The van der Waals surface area contributed by atoms with Gasteiger partial charge in [-0.15, -0.1) is 0 Å². The van der Waals surface area contributed by atoms with Crippen molar-refractivity contribution >= 4 is 0 Å². The van der Waals surface area contributed by atoms with Crippen LogP contribution in [0.4, 0.5) is 8.78 Å². The number of ether oxygens (including phenoxy) is 1. The third-order valence-electron chi connectivity index (χ3n) is 1.83. The van der Waals surface area contributed by atoms with Gasteiger partial charge in [0, 0.05) is 30.6 Å². The molecule has 1 rings (SSSR count). The van der Waals surface area contributed by atoms with Crippen LogP contribution in [0.25, 0.3) is 0 Å². The Hall–Kier alpha value is -1.14. The highest BCUT2D eigenvalue weighted by atomic mass is 19.3. The van der Waals surface area contributed by atoms with E-state index >= 15 is 0 Å². The van der Waals surface area contributed by atoms with Crippen LogP contribution >= 0.6 is 0 Å². The Kier molecular flexibility index (Phi) is 5.06. The fraction of sp³-hybridized carbons (Fsp3) is 0.556.